The van der Waals surface area contributed by atoms with Crippen LogP contribution in [0.4, 0.5) is 4.39 Å². The fraction of sp³-hybridized carbons (Fsp3) is 0.357. The summed E-state index contributed by atoms with van der Waals surface area (Å²) in [6, 6.07) is 8.59. The van der Waals surface area contributed by atoms with E-state index in [-0.39, 0.29) is 11.9 Å². The van der Waals surface area contributed by atoms with E-state index in [1.807, 2.05) is 23.0 Å². The molecule has 0 saturated carbocycles. The Morgan fingerprint density at radius 2 is 2.16 bits per heavy atom. The number of rotatable bonds is 5. The van der Waals surface area contributed by atoms with Gasteiger partial charge in [-0.2, -0.15) is 5.10 Å². The average molecular weight is 262 g/mol. The Morgan fingerprint density at radius 3 is 2.74 bits per heavy atom. The Bertz CT molecular complexity index is 536. The van der Waals surface area contributed by atoms with Crippen LogP contribution in [0.25, 0.3) is 0 Å². The number of aromatic nitrogens is 2. The van der Waals surface area contributed by atoms with Crippen LogP contribution in [-0.4, -0.2) is 9.78 Å². The first-order valence-electron chi connectivity index (χ1n) is 6.35. The molecule has 1 unspecified atom stereocenters. The SMILES string of the molecule is CC(C)n1ccc(CC(NN)c2cccc(F)c2)n1. The third-order valence-electron chi connectivity index (χ3n) is 3.06. The predicted molar refractivity (Wildman–Crippen MR) is 72.8 cm³/mol. The molecule has 0 aliphatic heterocycles. The summed E-state index contributed by atoms with van der Waals surface area (Å²) >= 11 is 0. The molecule has 0 aliphatic carbocycles. The Balaban J connectivity index is 2.14. The van der Waals surface area contributed by atoms with Gasteiger partial charge in [0.1, 0.15) is 5.82 Å². The maximum absolute atomic E-state index is 13.2. The van der Waals surface area contributed by atoms with Gasteiger partial charge in [-0.15, -0.1) is 0 Å². The topological polar surface area (TPSA) is 55.9 Å². The van der Waals surface area contributed by atoms with E-state index in [1.54, 1.807) is 6.07 Å². The molecule has 1 atom stereocenters. The molecular weight excluding hydrogens is 243 g/mol. The van der Waals surface area contributed by atoms with Crippen molar-refractivity contribution < 1.29 is 4.39 Å². The molecule has 0 fully saturated rings. The van der Waals surface area contributed by atoms with Crippen molar-refractivity contribution in [1.82, 2.24) is 15.2 Å². The van der Waals surface area contributed by atoms with Crippen LogP contribution < -0.4 is 11.3 Å². The first-order valence-corrected chi connectivity index (χ1v) is 6.35. The van der Waals surface area contributed by atoms with E-state index in [0.29, 0.717) is 12.5 Å². The van der Waals surface area contributed by atoms with Crippen LogP contribution in [-0.2, 0) is 6.42 Å². The first kappa shape index (κ1) is 13.7. The standard InChI is InChI=1S/C14H19FN4/c1-10(2)19-7-6-13(18-19)9-14(17-16)11-4-3-5-12(15)8-11/h3-8,10,14,17H,9,16H2,1-2H3. The van der Waals surface area contributed by atoms with E-state index in [1.165, 1.54) is 12.1 Å². The second kappa shape index (κ2) is 5.95. The van der Waals surface area contributed by atoms with Gasteiger partial charge in [0.15, 0.2) is 0 Å². The summed E-state index contributed by atoms with van der Waals surface area (Å²) in [5, 5.41) is 4.47. The van der Waals surface area contributed by atoms with Crippen molar-refractivity contribution >= 4 is 0 Å². The molecule has 4 nitrogen and oxygen atoms in total. The van der Waals surface area contributed by atoms with Gasteiger partial charge < -0.3 is 0 Å². The van der Waals surface area contributed by atoms with Gasteiger partial charge in [-0.25, -0.2) is 4.39 Å². The van der Waals surface area contributed by atoms with Crippen molar-refractivity contribution in [2.24, 2.45) is 5.84 Å². The van der Waals surface area contributed by atoms with Crippen LogP contribution >= 0.6 is 0 Å². The zero-order chi connectivity index (χ0) is 13.8. The molecule has 2 aromatic rings. The van der Waals surface area contributed by atoms with Gasteiger partial charge in [0, 0.05) is 18.7 Å². The minimum Gasteiger partial charge on any atom is -0.271 e. The molecule has 102 valence electrons. The van der Waals surface area contributed by atoms with Crippen molar-refractivity contribution in [3.63, 3.8) is 0 Å². The summed E-state index contributed by atoms with van der Waals surface area (Å²) in [4.78, 5) is 0. The van der Waals surface area contributed by atoms with Crippen LogP contribution in [0.5, 0.6) is 0 Å². The van der Waals surface area contributed by atoms with Crippen molar-refractivity contribution in [1.29, 1.82) is 0 Å². The molecule has 0 aliphatic rings. The van der Waals surface area contributed by atoms with Crippen LogP contribution in [0.3, 0.4) is 0 Å². The van der Waals surface area contributed by atoms with Gasteiger partial charge in [-0.3, -0.25) is 16.0 Å². The molecule has 2 rings (SSSR count). The fourth-order valence-electron chi connectivity index (χ4n) is 1.98. The van der Waals surface area contributed by atoms with Crippen LogP contribution in [0.1, 0.15) is 37.2 Å². The van der Waals surface area contributed by atoms with Gasteiger partial charge in [-0.1, -0.05) is 12.1 Å². The highest BCUT2D eigenvalue weighted by atomic mass is 19.1. The predicted octanol–water partition coefficient (Wildman–Crippen LogP) is 2.35. The highest BCUT2D eigenvalue weighted by Crippen LogP contribution is 2.18. The van der Waals surface area contributed by atoms with Crippen LogP contribution in [0.2, 0.25) is 0 Å². The molecule has 1 heterocycles. The van der Waals surface area contributed by atoms with E-state index >= 15 is 0 Å². The van der Waals surface area contributed by atoms with Crippen LogP contribution in [0.15, 0.2) is 36.5 Å². The number of benzene rings is 1. The molecule has 3 N–H and O–H groups in total. The summed E-state index contributed by atoms with van der Waals surface area (Å²) in [6.45, 7) is 4.14. The van der Waals surface area contributed by atoms with E-state index in [0.717, 1.165) is 11.3 Å². The van der Waals surface area contributed by atoms with Gasteiger partial charge in [0.25, 0.3) is 0 Å². The zero-order valence-electron chi connectivity index (χ0n) is 11.2. The van der Waals surface area contributed by atoms with Crippen molar-refractivity contribution in [2.75, 3.05) is 0 Å². The Hall–Kier alpha value is -1.72. The number of halogens is 1. The highest BCUT2D eigenvalue weighted by Gasteiger charge is 2.13. The molecule has 19 heavy (non-hydrogen) atoms. The maximum Gasteiger partial charge on any atom is 0.123 e. The fourth-order valence-corrected chi connectivity index (χ4v) is 1.98. The Labute approximate surface area is 112 Å². The number of nitrogens with one attached hydrogen (secondary N) is 1. The summed E-state index contributed by atoms with van der Waals surface area (Å²) in [7, 11) is 0. The molecule has 0 bridgehead atoms. The van der Waals surface area contributed by atoms with Gasteiger partial charge in [0.05, 0.1) is 11.7 Å². The van der Waals surface area contributed by atoms with E-state index < -0.39 is 0 Å². The second-order valence-corrected chi connectivity index (χ2v) is 4.86. The summed E-state index contributed by atoms with van der Waals surface area (Å²) in [6.07, 6.45) is 2.57. The molecule has 0 spiro atoms. The third kappa shape index (κ3) is 3.39. The second-order valence-electron chi connectivity index (χ2n) is 4.86. The Morgan fingerprint density at radius 1 is 1.37 bits per heavy atom. The van der Waals surface area contributed by atoms with E-state index in [4.69, 9.17) is 5.84 Å². The van der Waals surface area contributed by atoms with E-state index in [2.05, 4.69) is 24.4 Å². The lowest BCUT2D eigenvalue weighted by Crippen LogP contribution is -2.29. The third-order valence-corrected chi connectivity index (χ3v) is 3.06. The quantitative estimate of drug-likeness (QED) is 0.642. The number of hydrogen-bond acceptors (Lipinski definition) is 3. The summed E-state index contributed by atoms with van der Waals surface area (Å²) in [5.41, 5.74) is 4.47. The number of hydrazine groups is 1. The molecule has 0 saturated heterocycles. The Kier molecular flexibility index (Phi) is 4.29. The van der Waals surface area contributed by atoms with Gasteiger partial charge in [0.2, 0.25) is 0 Å². The van der Waals surface area contributed by atoms with Crippen molar-refractivity contribution in [3.8, 4) is 0 Å². The van der Waals surface area contributed by atoms with Gasteiger partial charge >= 0.3 is 0 Å². The lowest BCUT2D eigenvalue weighted by atomic mass is 10.0. The number of hydrogen-bond donors (Lipinski definition) is 2. The molecule has 1 aromatic heterocycles. The zero-order valence-corrected chi connectivity index (χ0v) is 11.2. The molecular formula is C14H19FN4. The summed E-state index contributed by atoms with van der Waals surface area (Å²) in [5.74, 6) is 5.30. The highest BCUT2D eigenvalue weighted by molar-refractivity contribution is 5.21. The molecule has 5 heteroatoms. The number of nitrogens with two attached hydrogens (primary N) is 1. The van der Waals surface area contributed by atoms with Crippen molar-refractivity contribution in [3.05, 3.63) is 53.6 Å². The van der Waals surface area contributed by atoms with E-state index in [9.17, 15) is 4.39 Å². The summed E-state index contributed by atoms with van der Waals surface area (Å²) < 4.78 is 15.1. The lowest BCUT2D eigenvalue weighted by molar-refractivity contribution is 0.505. The van der Waals surface area contributed by atoms with Gasteiger partial charge in [-0.05, 0) is 37.6 Å². The smallest absolute Gasteiger partial charge is 0.123 e. The molecule has 0 radical (unpaired) electrons. The first-order chi connectivity index (χ1) is 9.10. The minimum absolute atomic E-state index is 0.147. The molecule has 1 aromatic carbocycles. The molecule has 0 amide bonds. The van der Waals surface area contributed by atoms with Crippen LogP contribution in [0, 0.1) is 5.82 Å². The average Bonchev–Trinajstić information content (AvgIpc) is 2.84. The minimum atomic E-state index is -0.259. The normalized spacial score (nSPS) is 12.9. The number of nitrogens with zero attached hydrogens (tertiary/aromatic N) is 2. The largest absolute Gasteiger partial charge is 0.271 e. The maximum atomic E-state index is 13.2. The van der Waals surface area contributed by atoms with Crippen molar-refractivity contribution in [2.45, 2.75) is 32.4 Å². The monoisotopic (exact) mass is 262 g/mol. The lowest BCUT2D eigenvalue weighted by Gasteiger charge is -2.15.